The zero-order chi connectivity index (χ0) is 15.5. The molecule has 2 nitrogen and oxygen atoms in total. The normalized spacial score (nSPS) is 29.8. The van der Waals surface area contributed by atoms with Crippen molar-refractivity contribution in [3.8, 4) is 0 Å². The molecule has 110 valence electrons. The number of thiocarbonyl (C=S) groups is 1. The van der Waals surface area contributed by atoms with Gasteiger partial charge < -0.3 is 11.1 Å². The maximum Gasteiger partial charge on any atom is 0.0997 e. The summed E-state index contributed by atoms with van der Waals surface area (Å²) in [5, 5.41) is 8.13. The Labute approximate surface area is 128 Å². The van der Waals surface area contributed by atoms with Crippen molar-refractivity contribution in [1.29, 1.82) is 5.41 Å². The predicted molar refractivity (Wildman–Crippen MR) is 92.1 cm³/mol. The SMILES string of the molecule is C=CC1(C)C=CC(/C(=C/CC(C)C)C(N)=S)C1C(C)=N. The quantitative estimate of drug-likeness (QED) is 0.332. The molecule has 3 heteroatoms. The van der Waals surface area contributed by atoms with Crippen molar-refractivity contribution in [3.63, 3.8) is 0 Å². The summed E-state index contributed by atoms with van der Waals surface area (Å²) in [4.78, 5) is 0.444. The number of rotatable bonds is 6. The fraction of sp³-hybridized carbons (Fsp3) is 0.529. The van der Waals surface area contributed by atoms with Crippen LogP contribution in [0, 0.1) is 28.6 Å². The van der Waals surface area contributed by atoms with Crippen LogP contribution in [0.1, 0.15) is 34.1 Å². The maximum absolute atomic E-state index is 8.13. The molecule has 0 aromatic carbocycles. The van der Waals surface area contributed by atoms with Gasteiger partial charge in [-0.25, -0.2) is 0 Å². The summed E-state index contributed by atoms with van der Waals surface area (Å²) in [7, 11) is 0. The molecule has 0 amide bonds. The van der Waals surface area contributed by atoms with Gasteiger partial charge in [0.2, 0.25) is 0 Å². The first-order chi connectivity index (χ1) is 9.23. The number of allylic oxidation sites excluding steroid dienone is 4. The average molecular weight is 290 g/mol. The highest BCUT2D eigenvalue weighted by atomic mass is 32.1. The highest BCUT2D eigenvalue weighted by Gasteiger charge is 2.42. The van der Waals surface area contributed by atoms with Crippen molar-refractivity contribution in [2.45, 2.75) is 34.1 Å². The third kappa shape index (κ3) is 3.45. The molecule has 0 aromatic heterocycles. The molecule has 3 N–H and O–H groups in total. The van der Waals surface area contributed by atoms with Crippen LogP contribution in [-0.4, -0.2) is 10.7 Å². The van der Waals surface area contributed by atoms with Gasteiger partial charge in [0.05, 0.1) is 4.99 Å². The molecule has 0 aliphatic heterocycles. The van der Waals surface area contributed by atoms with Crippen LogP contribution in [0.15, 0.2) is 36.5 Å². The summed E-state index contributed by atoms with van der Waals surface area (Å²) >= 11 is 5.24. The topological polar surface area (TPSA) is 49.9 Å². The van der Waals surface area contributed by atoms with Gasteiger partial charge in [-0.05, 0) is 24.8 Å². The Bertz CT molecular complexity index is 473. The molecule has 1 rings (SSSR count). The molecule has 0 saturated heterocycles. The fourth-order valence-electron chi connectivity index (χ4n) is 2.89. The van der Waals surface area contributed by atoms with E-state index in [4.69, 9.17) is 23.4 Å². The van der Waals surface area contributed by atoms with Crippen LogP contribution in [0.25, 0.3) is 0 Å². The first-order valence-corrected chi connectivity index (χ1v) is 7.51. The number of hydrogen-bond acceptors (Lipinski definition) is 2. The van der Waals surface area contributed by atoms with Gasteiger partial charge in [0.25, 0.3) is 0 Å². The van der Waals surface area contributed by atoms with Crippen LogP contribution in [0.3, 0.4) is 0 Å². The van der Waals surface area contributed by atoms with Crippen LogP contribution >= 0.6 is 12.2 Å². The zero-order valence-electron chi connectivity index (χ0n) is 12.9. The van der Waals surface area contributed by atoms with Gasteiger partial charge in [-0.2, -0.15) is 0 Å². The van der Waals surface area contributed by atoms with E-state index in [1.165, 1.54) is 0 Å². The van der Waals surface area contributed by atoms with E-state index in [1.54, 1.807) is 0 Å². The van der Waals surface area contributed by atoms with Crippen LogP contribution in [-0.2, 0) is 0 Å². The van der Waals surface area contributed by atoms with Gasteiger partial charge in [-0.1, -0.05) is 57.3 Å². The van der Waals surface area contributed by atoms with Crippen molar-refractivity contribution >= 4 is 22.9 Å². The highest BCUT2D eigenvalue weighted by Crippen LogP contribution is 2.46. The summed E-state index contributed by atoms with van der Waals surface area (Å²) in [6.45, 7) is 12.2. The second kappa shape index (κ2) is 6.49. The van der Waals surface area contributed by atoms with Gasteiger partial charge >= 0.3 is 0 Å². The van der Waals surface area contributed by atoms with Crippen LogP contribution < -0.4 is 5.73 Å². The summed E-state index contributed by atoms with van der Waals surface area (Å²) in [6, 6.07) is 0. The number of nitrogens with one attached hydrogen (secondary N) is 1. The van der Waals surface area contributed by atoms with Gasteiger partial charge in [0, 0.05) is 23.0 Å². The third-order valence-corrected chi connectivity index (χ3v) is 4.29. The highest BCUT2D eigenvalue weighted by molar-refractivity contribution is 7.80. The third-order valence-electron chi connectivity index (χ3n) is 4.05. The van der Waals surface area contributed by atoms with Crippen molar-refractivity contribution in [2.75, 3.05) is 0 Å². The molecule has 0 aromatic rings. The molecule has 0 heterocycles. The molecule has 0 spiro atoms. The molecular formula is C17H26N2S. The molecule has 0 radical (unpaired) electrons. The zero-order valence-corrected chi connectivity index (χ0v) is 13.8. The lowest BCUT2D eigenvalue weighted by molar-refractivity contribution is 0.400. The molecule has 3 unspecified atom stereocenters. The van der Waals surface area contributed by atoms with Gasteiger partial charge in [-0.3, -0.25) is 0 Å². The minimum Gasteiger partial charge on any atom is -0.390 e. The lowest BCUT2D eigenvalue weighted by Crippen LogP contribution is -2.33. The number of nitrogens with two attached hydrogens (primary N) is 1. The largest absolute Gasteiger partial charge is 0.390 e. The Kier molecular flexibility index (Phi) is 5.46. The van der Waals surface area contributed by atoms with E-state index in [0.29, 0.717) is 16.6 Å². The molecular weight excluding hydrogens is 264 g/mol. The van der Waals surface area contributed by atoms with Crippen molar-refractivity contribution in [1.82, 2.24) is 0 Å². The average Bonchev–Trinajstić information content (AvgIpc) is 2.67. The van der Waals surface area contributed by atoms with Crippen molar-refractivity contribution in [2.24, 2.45) is 28.9 Å². The molecule has 0 fully saturated rings. The summed E-state index contributed by atoms with van der Waals surface area (Å²) < 4.78 is 0. The molecule has 1 aliphatic rings. The van der Waals surface area contributed by atoms with E-state index < -0.39 is 0 Å². The lowest BCUT2D eigenvalue weighted by Gasteiger charge is -2.32. The van der Waals surface area contributed by atoms with E-state index in [-0.39, 0.29) is 17.3 Å². The maximum atomic E-state index is 8.13. The molecule has 1 aliphatic carbocycles. The van der Waals surface area contributed by atoms with Gasteiger partial charge in [-0.15, -0.1) is 6.58 Å². The Morgan fingerprint density at radius 2 is 2.15 bits per heavy atom. The second-order valence-electron chi connectivity index (χ2n) is 6.27. The standard InChI is InChI=1S/C17H26N2S/c1-6-17(5)10-9-13(15(17)12(4)18)14(16(19)20)8-7-11(2)3/h6,8-11,13,15,18H,1,7H2,2-5H3,(H2,19,20)/b14-8-,18-12?. The van der Waals surface area contributed by atoms with Crippen LogP contribution in [0.5, 0.6) is 0 Å². The smallest absolute Gasteiger partial charge is 0.0997 e. The van der Waals surface area contributed by atoms with Crippen molar-refractivity contribution in [3.05, 3.63) is 36.5 Å². The first kappa shape index (κ1) is 16.8. The number of hydrogen-bond donors (Lipinski definition) is 2. The molecule has 0 saturated carbocycles. The molecule has 3 atom stereocenters. The molecule has 0 bridgehead atoms. The van der Waals surface area contributed by atoms with E-state index in [1.807, 2.05) is 13.0 Å². The monoisotopic (exact) mass is 290 g/mol. The van der Waals surface area contributed by atoms with E-state index in [0.717, 1.165) is 12.0 Å². The van der Waals surface area contributed by atoms with Gasteiger partial charge in [0.1, 0.15) is 0 Å². The predicted octanol–water partition coefficient (Wildman–Crippen LogP) is 4.28. The van der Waals surface area contributed by atoms with E-state index in [2.05, 4.69) is 45.6 Å². The minimum absolute atomic E-state index is 0.0555. The van der Waals surface area contributed by atoms with E-state index >= 15 is 0 Å². The van der Waals surface area contributed by atoms with Crippen molar-refractivity contribution < 1.29 is 0 Å². The van der Waals surface area contributed by atoms with E-state index in [9.17, 15) is 0 Å². The van der Waals surface area contributed by atoms with Gasteiger partial charge in [0.15, 0.2) is 0 Å². The van der Waals surface area contributed by atoms with Crippen LogP contribution in [0.4, 0.5) is 0 Å². The Balaban J connectivity index is 3.18. The lowest BCUT2D eigenvalue weighted by atomic mass is 9.71. The summed E-state index contributed by atoms with van der Waals surface area (Å²) in [6.07, 6.45) is 9.29. The second-order valence-corrected chi connectivity index (χ2v) is 6.71. The Hall–Kier alpha value is -1.22. The summed E-state index contributed by atoms with van der Waals surface area (Å²) in [5.41, 5.74) is 7.37. The molecule has 20 heavy (non-hydrogen) atoms. The Morgan fingerprint density at radius 1 is 1.55 bits per heavy atom. The summed E-state index contributed by atoms with van der Waals surface area (Å²) in [5.74, 6) is 0.710. The Morgan fingerprint density at radius 3 is 2.55 bits per heavy atom. The minimum atomic E-state index is -0.196. The van der Waals surface area contributed by atoms with Crippen LogP contribution in [0.2, 0.25) is 0 Å². The fourth-order valence-corrected chi connectivity index (χ4v) is 3.11. The first-order valence-electron chi connectivity index (χ1n) is 7.10.